The van der Waals surface area contributed by atoms with Gasteiger partial charge in [-0.3, -0.25) is 9.69 Å². The molecular formula is C19H28FN3O3S. The first-order valence-electron chi connectivity index (χ1n) is 9.09. The summed E-state index contributed by atoms with van der Waals surface area (Å²) < 4.78 is 14.1. The lowest BCUT2D eigenvalue weighted by Gasteiger charge is -2.42. The van der Waals surface area contributed by atoms with Crippen LogP contribution in [0.4, 0.5) is 14.9 Å². The molecule has 0 heterocycles. The maximum atomic E-state index is 14.2. The maximum Gasteiger partial charge on any atom is 0.319 e. The Labute approximate surface area is 163 Å². The first-order valence-corrected chi connectivity index (χ1v) is 9.91. The Balaban J connectivity index is 1.82. The van der Waals surface area contributed by atoms with Crippen LogP contribution in [0.3, 0.4) is 0 Å². The van der Waals surface area contributed by atoms with Crippen LogP contribution in [0.15, 0.2) is 23.1 Å². The van der Waals surface area contributed by atoms with Crippen LogP contribution in [-0.4, -0.2) is 51.9 Å². The Bertz CT molecular complexity index is 687. The van der Waals surface area contributed by atoms with Gasteiger partial charge in [0.2, 0.25) is 0 Å². The normalized spacial score (nSPS) is 19.5. The van der Waals surface area contributed by atoms with Crippen molar-refractivity contribution in [2.45, 2.75) is 62.3 Å². The molecule has 1 saturated carbocycles. The van der Waals surface area contributed by atoms with Gasteiger partial charge in [-0.15, -0.1) is 11.8 Å². The van der Waals surface area contributed by atoms with Crippen LogP contribution in [0.2, 0.25) is 0 Å². The molecule has 0 aliphatic heterocycles. The molecule has 0 aromatic heterocycles. The van der Waals surface area contributed by atoms with Gasteiger partial charge in [0.15, 0.2) is 0 Å². The van der Waals surface area contributed by atoms with Crippen molar-refractivity contribution >= 4 is 29.4 Å². The van der Waals surface area contributed by atoms with Gasteiger partial charge in [0, 0.05) is 27.4 Å². The number of urea groups is 1. The highest BCUT2D eigenvalue weighted by atomic mass is 32.2. The second-order valence-corrected chi connectivity index (χ2v) is 9.61. The third kappa shape index (κ3) is 6.70. The summed E-state index contributed by atoms with van der Waals surface area (Å²) in [5.74, 6) is -1.20. The fraction of sp³-hybridized carbons (Fsp3) is 0.579. The van der Waals surface area contributed by atoms with Crippen LogP contribution in [-0.2, 0) is 4.79 Å². The molecule has 1 aliphatic rings. The summed E-state index contributed by atoms with van der Waals surface area (Å²) in [6, 6.07) is 4.47. The van der Waals surface area contributed by atoms with E-state index in [4.69, 9.17) is 5.11 Å². The minimum atomic E-state index is -0.846. The molecule has 27 heavy (non-hydrogen) atoms. The van der Waals surface area contributed by atoms with Crippen molar-refractivity contribution in [2.24, 2.45) is 0 Å². The van der Waals surface area contributed by atoms with E-state index in [1.807, 2.05) is 32.6 Å². The van der Waals surface area contributed by atoms with Gasteiger partial charge in [0.25, 0.3) is 0 Å². The first-order chi connectivity index (χ1) is 12.6. The number of hydrogen-bond acceptors (Lipinski definition) is 4. The zero-order valence-electron chi connectivity index (χ0n) is 16.2. The minimum absolute atomic E-state index is 0.00147. The summed E-state index contributed by atoms with van der Waals surface area (Å²) in [6.45, 7) is 8.63. The summed E-state index contributed by atoms with van der Waals surface area (Å²) in [7, 11) is 0. The standard InChI is InChI=1S/C19H28FN3O3S/c1-5-23(11-17(24)25)14-8-13(9-14)22-18(26)21-12-6-7-16(15(20)10-12)27-19(2,3)4/h6-7,10,13-14H,5,8-9,11H2,1-4H3,(H,24,25)(H2,21,22,26). The molecule has 0 atom stereocenters. The van der Waals surface area contributed by atoms with E-state index in [2.05, 4.69) is 10.6 Å². The third-order valence-corrected chi connectivity index (χ3v) is 5.48. The quantitative estimate of drug-likeness (QED) is 0.610. The number of aliphatic carboxylic acids is 1. The van der Waals surface area contributed by atoms with Gasteiger partial charge in [-0.1, -0.05) is 27.7 Å². The number of rotatable bonds is 7. The van der Waals surface area contributed by atoms with Crippen molar-refractivity contribution in [1.29, 1.82) is 0 Å². The zero-order valence-corrected chi connectivity index (χ0v) is 17.0. The smallest absolute Gasteiger partial charge is 0.319 e. The second-order valence-electron chi connectivity index (χ2n) is 7.74. The molecule has 1 aliphatic carbocycles. The van der Waals surface area contributed by atoms with Crippen molar-refractivity contribution in [3.63, 3.8) is 0 Å². The summed E-state index contributed by atoms with van der Waals surface area (Å²) in [5, 5.41) is 14.4. The Morgan fingerprint density at radius 2 is 2.00 bits per heavy atom. The number of nitrogens with one attached hydrogen (secondary N) is 2. The molecule has 8 heteroatoms. The van der Waals surface area contributed by atoms with Gasteiger partial charge in [0.1, 0.15) is 5.82 Å². The molecule has 0 spiro atoms. The summed E-state index contributed by atoms with van der Waals surface area (Å²) in [4.78, 5) is 25.4. The summed E-state index contributed by atoms with van der Waals surface area (Å²) in [6.07, 6.45) is 1.42. The molecule has 0 radical (unpaired) electrons. The molecule has 0 saturated heterocycles. The van der Waals surface area contributed by atoms with Crippen LogP contribution in [0.1, 0.15) is 40.5 Å². The van der Waals surface area contributed by atoms with Crippen molar-refractivity contribution < 1.29 is 19.1 Å². The molecule has 1 aromatic carbocycles. The molecule has 2 rings (SSSR count). The van der Waals surface area contributed by atoms with Crippen LogP contribution in [0.5, 0.6) is 0 Å². The monoisotopic (exact) mass is 397 g/mol. The summed E-state index contributed by atoms with van der Waals surface area (Å²) in [5.41, 5.74) is 0.403. The highest BCUT2D eigenvalue weighted by Gasteiger charge is 2.34. The number of benzene rings is 1. The fourth-order valence-corrected chi connectivity index (χ4v) is 3.97. The van der Waals surface area contributed by atoms with E-state index in [0.717, 1.165) is 0 Å². The van der Waals surface area contributed by atoms with Crippen LogP contribution in [0, 0.1) is 5.82 Å². The highest BCUT2D eigenvalue weighted by molar-refractivity contribution is 8.00. The average Bonchev–Trinajstić information content (AvgIpc) is 2.50. The summed E-state index contributed by atoms with van der Waals surface area (Å²) >= 11 is 1.44. The lowest BCUT2D eigenvalue weighted by atomic mass is 9.85. The molecule has 3 N–H and O–H groups in total. The molecule has 2 amide bonds. The number of anilines is 1. The molecular weight excluding hydrogens is 369 g/mol. The van der Waals surface area contributed by atoms with Crippen molar-refractivity contribution in [3.8, 4) is 0 Å². The van der Waals surface area contributed by atoms with E-state index >= 15 is 0 Å². The van der Waals surface area contributed by atoms with E-state index in [1.165, 1.54) is 17.8 Å². The lowest BCUT2D eigenvalue weighted by molar-refractivity contribution is -0.139. The zero-order chi connectivity index (χ0) is 20.2. The lowest BCUT2D eigenvalue weighted by Crippen LogP contribution is -2.55. The molecule has 1 fully saturated rings. The number of carboxylic acid groups (broad SMARTS) is 1. The Morgan fingerprint density at radius 1 is 1.33 bits per heavy atom. The molecule has 1 aromatic rings. The number of thioether (sulfide) groups is 1. The minimum Gasteiger partial charge on any atom is -0.480 e. The van der Waals surface area contributed by atoms with Crippen LogP contribution >= 0.6 is 11.8 Å². The molecule has 6 nitrogen and oxygen atoms in total. The topological polar surface area (TPSA) is 81.7 Å². The van der Waals surface area contributed by atoms with Gasteiger partial charge in [-0.25, -0.2) is 9.18 Å². The maximum absolute atomic E-state index is 14.2. The second kappa shape index (κ2) is 8.93. The average molecular weight is 398 g/mol. The van der Waals surface area contributed by atoms with Gasteiger partial charge in [0.05, 0.1) is 6.54 Å². The van der Waals surface area contributed by atoms with Gasteiger partial charge >= 0.3 is 12.0 Å². The Kier molecular flexibility index (Phi) is 7.11. The number of halogens is 1. The highest BCUT2D eigenvalue weighted by Crippen LogP contribution is 2.34. The van der Waals surface area contributed by atoms with Crippen LogP contribution in [0.25, 0.3) is 0 Å². The van der Waals surface area contributed by atoms with E-state index in [0.29, 0.717) is 30.0 Å². The Hall–Kier alpha value is -1.80. The van der Waals surface area contributed by atoms with E-state index in [1.54, 1.807) is 12.1 Å². The predicted octanol–water partition coefficient (Wildman–Crippen LogP) is 3.78. The fourth-order valence-electron chi connectivity index (χ4n) is 3.02. The van der Waals surface area contributed by atoms with Crippen LogP contribution < -0.4 is 10.6 Å². The number of carbonyl (C=O) groups is 2. The molecule has 0 unspecified atom stereocenters. The number of carboxylic acids is 1. The number of nitrogens with zero attached hydrogens (tertiary/aromatic N) is 1. The van der Waals surface area contributed by atoms with E-state index in [9.17, 15) is 14.0 Å². The number of hydrogen-bond donors (Lipinski definition) is 3. The van der Waals surface area contributed by atoms with Crippen molar-refractivity contribution in [1.82, 2.24) is 10.2 Å². The largest absolute Gasteiger partial charge is 0.480 e. The number of amides is 2. The SMILES string of the molecule is CCN(CC(=O)O)C1CC(NC(=O)Nc2ccc(SC(C)(C)C)c(F)c2)C1. The van der Waals surface area contributed by atoms with Gasteiger partial charge in [-0.05, 0) is 37.6 Å². The molecule has 0 bridgehead atoms. The number of carbonyl (C=O) groups excluding carboxylic acids is 1. The van der Waals surface area contributed by atoms with Crippen molar-refractivity contribution in [2.75, 3.05) is 18.4 Å². The van der Waals surface area contributed by atoms with E-state index in [-0.39, 0.29) is 35.2 Å². The van der Waals surface area contributed by atoms with Gasteiger partial charge in [-0.2, -0.15) is 0 Å². The Morgan fingerprint density at radius 3 is 2.52 bits per heavy atom. The van der Waals surface area contributed by atoms with Crippen molar-refractivity contribution in [3.05, 3.63) is 24.0 Å². The van der Waals surface area contributed by atoms with Gasteiger partial charge < -0.3 is 15.7 Å². The predicted molar refractivity (Wildman–Crippen MR) is 106 cm³/mol. The van der Waals surface area contributed by atoms with E-state index < -0.39 is 5.97 Å². The number of likely N-dealkylation sites (N-methyl/N-ethyl adjacent to an activating group) is 1. The molecule has 150 valence electrons. The third-order valence-electron chi connectivity index (χ3n) is 4.32. The first kappa shape index (κ1) is 21.5.